The molecule has 2 amide bonds. The van der Waals surface area contributed by atoms with Gasteiger partial charge in [-0.1, -0.05) is 23.4 Å². The van der Waals surface area contributed by atoms with Crippen molar-refractivity contribution < 1.29 is 18.7 Å². The predicted octanol–water partition coefficient (Wildman–Crippen LogP) is 2.04. The van der Waals surface area contributed by atoms with Gasteiger partial charge >= 0.3 is 0 Å². The highest BCUT2D eigenvalue weighted by Crippen LogP contribution is 2.24. The van der Waals surface area contributed by atoms with Crippen LogP contribution in [0.3, 0.4) is 0 Å². The van der Waals surface area contributed by atoms with Gasteiger partial charge in [-0.2, -0.15) is 0 Å². The Bertz CT molecular complexity index is 642. The predicted molar refractivity (Wildman–Crippen MR) is 88.4 cm³/mol. The Morgan fingerprint density at radius 1 is 1.57 bits per heavy atom. The number of nitrogens with zero attached hydrogens (tertiary/aromatic N) is 1. The second-order valence-corrected chi connectivity index (χ2v) is 6.26. The molecule has 1 aromatic rings. The number of thioether (sulfide) groups is 1. The second-order valence-electron chi connectivity index (χ2n) is 4.66. The monoisotopic (exact) mass is 359 g/mol. The van der Waals surface area contributed by atoms with Gasteiger partial charge in [-0.15, -0.1) is 0 Å². The van der Waals surface area contributed by atoms with E-state index in [9.17, 15) is 14.0 Å². The van der Waals surface area contributed by atoms with Crippen molar-refractivity contribution in [1.82, 2.24) is 5.32 Å². The fourth-order valence-electron chi connectivity index (χ4n) is 1.81. The Kier molecular flexibility index (Phi) is 6.37. The van der Waals surface area contributed by atoms with Crippen LogP contribution in [-0.2, 0) is 14.3 Å². The number of hydrogen-bond donors (Lipinski definition) is 2. The minimum atomic E-state index is -0.563. The normalized spacial score (nSPS) is 19.0. The van der Waals surface area contributed by atoms with E-state index in [0.717, 1.165) is 6.07 Å². The van der Waals surface area contributed by atoms with Gasteiger partial charge in [-0.05, 0) is 18.2 Å². The number of halogens is 2. The highest BCUT2D eigenvalue weighted by atomic mass is 35.5. The number of carbonyl (C=O) groups is 2. The quantitative estimate of drug-likeness (QED) is 0.762. The zero-order valence-electron chi connectivity index (χ0n) is 12.3. The summed E-state index contributed by atoms with van der Waals surface area (Å²) in [6, 6.07) is 3.88. The van der Waals surface area contributed by atoms with Crippen LogP contribution in [0.15, 0.2) is 23.2 Å². The van der Waals surface area contributed by atoms with Crippen LogP contribution in [0.5, 0.6) is 0 Å². The molecule has 1 aliphatic rings. The molecule has 0 saturated carbocycles. The lowest BCUT2D eigenvalue weighted by atomic mass is 10.2. The maximum absolute atomic E-state index is 13.1. The molecule has 1 unspecified atom stereocenters. The van der Waals surface area contributed by atoms with E-state index in [1.807, 2.05) is 0 Å². The number of benzene rings is 1. The summed E-state index contributed by atoms with van der Waals surface area (Å²) in [7, 11) is 1.56. The molecular weight excluding hydrogens is 345 g/mol. The lowest BCUT2D eigenvalue weighted by Crippen LogP contribution is -2.28. The maximum Gasteiger partial charge on any atom is 0.240 e. The molecule has 1 atom stereocenters. The van der Waals surface area contributed by atoms with Gasteiger partial charge < -0.3 is 15.4 Å². The number of amides is 2. The van der Waals surface area contributed by atoms with E-state index in [1.54, 1.807) is 7.11 Å². The molecule has 2 rings (SSSR count). The van der Waals surface area contributed by atoms with Gasteiger partial charge in [0.05, 0.1) is 18.2 Å². The van der Waals surface area contributed by atoms with Gasteiger partial charge in [0, 0.05) is 19.2 Å². The molecule has 0 spiro atoms. The molecule has 1 aliphatic heterocycles. The molecule has 6 nitrogen and oxygen atoms in total. The highest BCUT2D eigenvalue weighted by molar-refractivity contribution is 8.15. The molecule has 1 heterocycles. The summed E-state index contributed by atoms with van der Waals surface area (Å²) in [4.78, 5) is 27.9. The van der Waals surface area contributed by atoms with Crippen LogP contribution in [-0.4, -0.2) is 42.5 Å². The molecule has 124 valence electrons. The Morgan fingerprint density at radius 3 is 3.04 bits per heavy atom. The van der Waals surface area contributed by atoms with Gasteiger partial charge in [0.1, 0.15) is 11.1 Å². The molecule has 0 aliphatic carbocycles. The molecular formula is C14H15ClFN3O3S. The van der Waals surface area contributed by atoms with Crippen LogP contribution in [0.1, 0.15) is 6.42 Å². The molecule has 23 heavy (non-hydrogen) atoms. The minimum Gasteiger partial charge on any atom is -0.383 e. The standard InChI is InChI=1S/C14H15ClFN3O3S/c1-22-5-4-17-14-19-13(21)11(23-14)7-12(20)18-8-2-3-10(16)9(15)6-8/h2-3,6,11H,4-5,7H2,1H3,(H,18,20)(H,17,19,21). The van der Waals surface area contributed by atoms with Gasteiger partial charge in [-0.3, -0.25) is 14.6 Å². The van der Waals surface area contributed by atoms with E-state index in [1.165, 1.54) is 23.9 Å². The highest BCUT2D eigenvalue weighted by Gasteiger charge is 2.31. The van der Waals surface area contributed by atoms with Crippen LogP contribution in [0, 0.1) is 5.82 Å². The van der Waals surface area contributed by atoms with E-state index in [-0.39, 0.29) is 23.3 Å². The molecule has 0 bridgehead atoms. The molecule has 0 aromatic heterocycles. The summed E-state index contributed by atoms with van der Waals surface area (Å²) < 4.78 is 17.9. The van der Waals surface area contributed by atoms with Gasteiger partial charge in [-0.25, -0.2) is 4.39 Å². The van der Waals surface area contributed by atoms with Crippen LogP contribution >= 0.6 is 23.4 Å². The summed E-state index contributed by atoms with van der Waals surface area (Å²) in [5.74, 6) is -1.19. The van der Waals surface area contributed by atoms with Crippen molar-refractivity contribution in [3.63, 3.8) is 0 Å². The van der Waals surface area contributed by atoms with E-state index in [2.05, 4.69) is 15.6 Å². The van der Waals surface area contributed by atoms with Crippen molar-refractivity contribution in [1.29, 1.82) is 0 Å². The fraction of sp³-hybridized carbons (Fsp3) is 0.357. The third-order valence-electron chi connectivity index (χ3n) is 2.90. The van der Waals surface area contributed by atoms with Crippen molar-refractivity contribution >= 4 is 46.0 Å². The molecule has 9 heteroatoms. The Labute approximate surface area is 141 Å². The molecule has 0 radical (unpaired) electrons. The van der Waals surface area contributed by atoms with Gasteiger partial charge in [0.2, 0.25) is 11.8 Å². The van der Waals surface area contributed by atoms with Gasteiger partial charge in [0.15, 0.2) is 5.17 Å². The number of methoxy groups -OCH3 is 1. The average molecular weight is 360 g/mol. The SMILES string of the molecule is COCCN=C1NC(=O)C(CC(=O)Nc2ccc(F)c(Cl)c2)S1. The third-order valence-corrected chi connectivity index (χ3v) is 4.31. The zero-order valence-corrected chi connectivity index (χ0v) is 13.8. The van der Waals surface area contributed by atoms with Crippen molar-refractivity contribution in [3.8, 4) is 0 Å². The largest absolute Gasteiger partial charge is 0.383 e. The number of rotatable bonds is 6. The summed E-state index contributed by atoms with van der Waals surface area (Å²) in [6.07, 6.45) is -0.0191. The van der Waals surface area contributed by atoms with E-state index < -0.39 is 11.1 Å². The van der Waals surface area contributed by atoms with Gasteiger partial charge in [0.25, 0.3) is 0 Å². The summed E-state index contributed by atoms with van der Waals surface area (Å²) in [5, 5.41) is 5.05. The Balaban J connectivity index is 1.88. The molecule has 1 fully saturated rings. The van der Waals surface area contributed by atoms with Crippen molar-refractivity contribution in [3.05, 3.63) is 29.0 Å². The second kappa shape index (κ2) is 8.28. The summed E-state index contributed by atoms with van der Waals surface area (Å²) >= 11 is 6.85. The first kappa shape index (κ1) is 17.7. The number of nitrogens with one attached hydrogen (secondary N) is 2. The van der Waals surface area contributed by atoms with E-state index >= 15 is 0 Å². The minimum absolute atomic E-state index is 0.0191. The lowest BCUT2D eigenvalue weighted by Gasteiger charge is -2.08. The first-order chi connectivity index (χ1) is 11.0. The number of anilines is 1. The zero-order chi connectivity index (χ0) is 16.8. The van der Waals surface area contributed by atoms with E-state index in [4.69, 9.17) is 16.3 Å². The number of amidine groups is 1. The molecule has 2 N–H and O–H groups in total. The van der Waals surface area contributed by atoms with Crippen molar-refractivity contribution in [2.45, 2.75) is 11.7 Å². The van der Waals surface area contributed by atoms with E-state index in [0.29, 0.717) is 24.0 Å². The summed E-state index contributed by atoms with van der Waals surface area (Å²) in [5.41, 5.74) is 0.374. The third kappa shape index (κ3) is 5.19. The number of hydrogen-bond acceptors (Lipinski definition) is 5. The fourth-order valence-corrected chi connectivity index (χ4v) is 2.98. The number of ether oxygens (including phenoxy) is 1. The average Bonchev–Trinajstić information content (AvgIpc) is 2.83. The number of aliphatic imine (C=N–C) groups is 1. The topological polar surface area (TPSA) is 79.8 Å². The first-order valence-electron chi connectivity index (χ1n) is 6.75. The smallest absolute Gasteiger partial charge is 0.240 e. The maximum atomic E-state index is 13.1. The van der Waals surface area contributed by atoms with Crippen LogP contribution in [0.4, 0.5) is 10.1 Å². The van der Waals surface area contributed by atoms with Crippen molar-refractivity contribution in [2.75, 3.05) is 25.6 Å². The Morgan fingerprint density at radius 2 is 2.35 bits per heavy atom. The van der Waals surface area contributed by atoms with Crippen LogP contribution < -0.4 is 10.6 Å². The number of carbonyl (C=O) groups excluding carboxylic acids is 2. The molecule has 1 saturated heterocycles. The Hall–Kier alpha value is -1.64. The van der Waals surface area contributed by atoms with Crippen LogP contribution in [0.25, 0.3) is 0 Å². The summed E-state index contributed by atoms with van der Waals surface area (Å²) in [6.45, 7) is 0.891. The van der Waals surface area contributed by atoms with Crippen LogP contribution in [0.2, 0.25) is 5.02 Å². The lowest BCUT2D eigenvalue weighted by molar-refractivity contribution is -0.122. The van der Waals surface area contributed by atoms with Crippen molar-refractivity contribution in [2.24, 2.45) is 4.99 Å². The first-order valence-corrected chi connectivity index (χ1v) is 8.01. The molecule has 1 aromatic carbocycles.